The van der Waals surface area contributed by atoms with Gasteiger partial charge in [0.2, 0.25) is 0 Å². The molecule has 1 aromatic rings. The second-order valence-corrected chi connectivity index (χ2v) is 3.46. The topological polar surface area (TPSA) is 77.8 Å². The van der Waals surface area contributed by atoms with Gasteiger partial charge in [-0.3, -0.25) is 0 Å². The summed E-state index contributed by atoms with van der Waals surface area (Å²) in [6.07, 6.45) is 3.14. The van der Waals surface area contributed by atoms with E-state index in [-0.39, 0.29) is 11.3 Å². The molecule has 0 radical (unpaired) electrons. The van der Waals surface area contributed by atoms with E-state index in [9.17, 15) is 15.0 Å². The highest BCUT2D eigenvalue weighted by Gasteiger charge is 2.13. The first-order valence-corrected chi connectivity index (χ1v) is 5.33. The number of hydrogen-bond acceptors (Lipinski definition) is 3. The number of carbonyl (C=O) groups is 1. The van der Waals surface area contributed by atoms with Gasteiger partial charge in [0.25, 0.3) is 0 Å². The quantitative estimate of drug-likeness (QED) is 0.707. The normalized spacial score (nSPS) is 9.06. The minimum Gasteiger partial charge on any atom is -0.508 e. The fourth-order valence-corrected chi connectivity index (χ4v) is 1.26. The van der Waals surface area contributed by atoms with Crippen LogP contribution in [0.4, 0.5) is 0 Å². The molecule has 0 unspecified atom stereocenters. The van der Waals surface area contributed by atoms with Gasteiger partial charge in [0.1, 0.15) is 17.1 Å². The van der Waals surface area contributed by atoms with E-state index < -0.39 is 11.7 Å². The molecule has 4 nitrogen and oxygen atoms in total. The first-order chi connectivity index (χ1) is 7.97. The Labute approximate surface area is 101 Å². The van der Waals surface area contributed by atoms with Crippen molar-refractivity contribution < 1.29 is 20.1 Å². The third kappa shape index (κ3) is 4.59. The molecule has 0 spiro atoms. The zero-order valence-corrected chi connectivity index (χ0v) is 10.1. The Morgan fingerprint density at radius 1 is 1.35 bits per heavy atom. The Morgan fingerprint density at radius 2 is 1.88 bits per heavy atom. The highest BCUT2D eigenvalue weighted by Crippen LogP contribution is 2.28. The van der Waals surface area contributed by atoms with E-state index in [0.717, 1.165) is 12.5 Å². The van der Waals surface area contributed by atoms with E-state index in [1.54, 1.807) is 6.08 Å². The molecule has 0 aliphatic heterocycles. The number of phenolic OH excluding ortho intramolecular Hbond substituents is 1. The Kier molecular flexibility index (Phi) is 6.48. The zero-order chi connectivity index (χ0) is 13.4. The molecule has 0 heterocycles. The van der Waals surface area contributed by atoms with Crippen molar-refractivity contribution in [3.05, 3.63) is 35.9 Å². The lowest BCUT2D eigenvalue weighted by Crippen LogP contribution is -1.98. The summed E-state index contributed by atoms with van der Waals surface area (Å²) in [7, 11) is 0. The van der Waals surface area contributed by atoms with Gasteiger partial charge in [-0.15, -0.1) is 6.58 Å². The second-order valence-electron chi connectivity index (χ2n) is 3.46. The predicted octanol–water partition coefficient (Wildman–Crippen LogP) is 2.94. The Hall–Kier alpha value is -1.97. The first-order valence-electron chi connectivity index (χ1n) is 5.33. The summed E-state index contributed by atoms with van der Waals surface area (Å²) in [6, 6.07) is 2.37. The number of benzene rings is 1. The van der Waals surface area contributed by atoms with Gasteiger partial charge in [-0.25, -0.2) is 4.79 Å². The molecule has 0 fully saturated rings. The molecule has 4 heteroatoms. The standard InChI is InChI=1S/C10H12O4.C3H6/c1-2-3-6-4-7(10(13)14)9(12)5-8(6)11;1-3-2/h4-5,11-12H,2-3H2,1H3,(H,13,14);3H,1H2,2H3. The van der Waals surface area contributed by atoms with Crippen LogP contribution in [0.15, 0.2) is 24.8 Å². The minimum atomic E-state index is -1.19. The van der Waals surface area contributed by atoms with E-state index in [1.807, 2.05) is 13.8 Å². The largest absolute Gasteiger partial charge is 0.508 e. The molecular weight excluding hydrogens is 220 g/mol. The van der Waals surface area contributed by atoms with Crippen LogP contribution in [0.1, 0.15) is 36.2 Å². The van der Waals surface area contributed by atoms with Crippen LogP contribution in [0.5, 0.6) is 11.5 Å². The number of carboxylic acids is 1. The number of aromatic carboxylic acids is 1. The molecule has 0 saturated heterocycles. The lowest BCUT2D eigenvalue weighted by molar-refractivity contribution is 0.0693. The Balaban J connectivity index is 0.000000770. The molecule has 0 atom stereocenters. The number of aryl methyl sites for hydroxylation is 1. The van der Waals surface area contributed by atoms with Crippen molar-refractivity contribution in [3.63, 3.8) is 0 Å². The van der Waals surface area contributed by atoms with E-state index >= 15 is 0 Å². The number of allylic oxidation sites excluding steroid dienone is 1. The number of rotatable bonds is 3. The summed E-state index contributed by atoms with van der Waals surface area (Å²) < 4.78 is 0. The fraction of sp³-hybridized carbons (Fsp3) is 0.308. The van der Waals surface area contributed by atoms with E-state index in [4.69, 9.17) is 5.11 Å². The van der Waals surface area contributed by atoms with Crippen molar-refractivity contribution in [2.24, 2.45) is 0 Å². The Morgan fingerprint density at radius 3 is 2.29 bits per heavy atom. The van der Waals surface area contributed by atoms with Crippen molar-refractivity contribution in [2.45, 2.75) is 26.7 Å². The van der Waals surface area contributed by atoms with Crippen molar-refractivity contribution in [3.8, 4) is 11.5 Å². The summed E-state index contributed by atoms with van der Waals surface area (Å²) in [5.74, 6) is -1.66. The second kappa shape index (κ2) is 7.33. The van der Waals surface area contributed by atoms with E-state index in [1.165, 1.54) is 6.07 Å². The highest BCUT2D eigenvalue weighted by molar-refractivity contribution is 5.91. The van der Waals surface area contributed by atoms with Crippen molar-refractivity contribution in [1.82, 2.24) is 0 Å². The minimum absolute atomic E-state index is 0.0608. The number of phenols is 2. The molecule has 94 valence electrons. The maximum Gasteiger partial charge on any atom is 0.339 e. The van der Waals surface area contributed by atoms with Crippen molar-refractivity contribution >= 4 is 5.97 Å². The summed E-state index contributed by atoms with van der Waals surface area (Å²) >= 11 is 0. The fourth-order valence-electron chi connectivity index (χ4n) is 1.26. The molecule has 0 saturated carbocycles. The van der Waals surface area contributed by atoms with Crippen molar-refractivity contribution in [1.29, 1.82) is 0 Å². The number of hydrogen-bond donors (Lipinski definition) is 3. The molecule has 17 heavy (non-hydrogen) atoms. The van der Waals surface area contributed by atoms with Crippen LogP contribution in [-0.4, -0.2) is 21.3 Å². The Bertz CT molecular complexity index is 397. The highest BCUT2D eigenvalue weighted by atomic mass is 16.4. The zero-order valence-electron chi connectivity index (χ0n) is 10.1. The predicted molar refractivity (Wildman–Crippen MR) is 66.6 cm³/mol. The van der Waals surface area contributed by atoms with Gasteiger partial charge in [-0.1, -0.05) is 19.4 Å². The first kappa shape index (κ1) is 15.0. The van der Waals surface area contributed by atoms with Crippen LogP contribution >= 0.6 is 0 Å². The smallest absolute Gasteiger partial charge is 0.339 e. The van der Waals surface area contributed by atoms with Gasteiger partial charge in [-0.2, -0.15) is 0 Å². The third-order valence-corrected chi connectivity index (χ3v) is 1.95. The van der Waals surface area contributed by atoms with Gasteiger partial charge in [-0.05, 0) is 25.0 Å². The lowest BCUT2D eigenvalue weighted by Gasteiger charge is -2.06. The molecule has 1 rings (SSSR count). The van der Waals surface area contributed by atoms with Gasteiger partial charge >= 0.3 is 5.97 Å². The van der Waals surface area contributed by atoms with Crippen LogP contribution < -0.4 is 0 Å². The van der Waals surface area contributed by atoms with Gasteiger partial charge in [0.05, 0.1) is 0 Å². The molecule has 3 N–H and O–H groups in total. The number of aromatic hydroxyl groups is 2. The summed E-state index contributed by atoms with van der Waals surface area (Å²) in [5, 5.41) is 27.3. The molecule has 0 aromatic heterocycles. The van der Waals surface area contributed by atoms with Gasteiger partial charge in [0.15, 0.2) is 0 Å². The third-order valence-electron chi connectivity index (χ3n) is 1.95. The van der Waals surface area contributed by atoms with Gasteiger partial charge in [0, 0.05) is 6.07 Å². The van der Waals surface area contributed by atoms with E-state index in [0.29, 0.717) is 12.0 Å². The van der Waals surface area contributed by atoms with Crippen molar-refractivity contribution in [2.75, 3.05) is 0 Å². The van der Waals surface area contributed by atoms with Crippen LogP contribution in [0, 0.1) is 0 Å². The summed E-state index contributed by atoms with van der Waals surface area (Å²) in [6.45, 7) is 7.17. The van der Waals surface area contributed by atoms with Crippen LogP contribution in [-0.2, 0) is 6.42 Å². The number of carboxylic acid groups (broad SMARTS) is 1. The molecule has 0 aliphatic carbocycles. The summed E-state index contributed by atoms with van der Waals surface area (Å²) in [4.78, 5) is 10.6. The molecule has 0 amide bonds. The maximum absolute atomic E-state index is 10.6. The maximum atomic E-state index is 10.6. The lowest BCUT2D eigenvalue weighted by atomic mass is 10.0. The van der Waals surface area contributed by atoms with Crippen LogP contribution in [0.25, 0.3) is 0 Å². The molecule has 1 aromatic carbocycles. The van der Waals surface area contributed by atoms with Gasteiger partial charge < -0.3 is 15.3 Å². The molecule has 0 aliphatic rings. The average Bonchev–Trinajstić information content (AvgIpc) is 2.23. The summed E-state index contributed by atoms with van der Waals surface area (Å²) in [5.41, 5.74) is 0.369. The molecule has 0 bridgehead atoms. The SMILES string of the molecule is C=CC.CCCc1cc(C(=O)O)c(O)cc1O. The monoisotopic (exact) mass is 238 g/mol. The van der Waals surface area contributed by atoms with E-state index in [2.05, 4.69) is 6.58 Å². The van der Waals surface area contributed by atoms with Crippen LogP contribution in [0.3, 0.4) is 0 Å². The average molecular weight is 238 g/mol. The van der Waals surface area contributed by atoms with Crippen LogP contribution in [0.2, 0.25) is 0 Å². The molecular formula is C13H18O4.